The van der Waals surface area contributed by atoms with Gasteiger partial charge < -0.3 is 19.2 Å². The van der Waals surface area contributed by atoms with Crippen molar-refractivity contribution < 1.29 is 32.7 Å². The molecule has 0 aromatic heterocycles. The molecular formula is C22H27F2N2O4+. The molecule has 0 aliphatic carbocycles. The Kier molecular flexibility index (Phi) is 7.28. The first kappa shape index (κ1) is 23.4. The van der Waals surface area contributed by atoms with Crippen molar-refractivity contribution in [1.82, 2.24) is 4.90 Å². The van der Waals surface area contributed by atoms with E-state index in [1.165, 1.54) is 43.3 Å². The zero-order chi connectivity index (χ0) is 22.6. The Morgan fingerprint density at radius 3 is 2.33 bits per heavy atom. The van der Waals surface area contributed by atoms with E-state index in [1.54, 1.807) is 0 Å². The van der Waals surface area contributed by atoms with Crippen LogP contribution in [0.3, 0.4) is 0 Å². The maximum Gasteiger partial charge on any atom is 0.314 e. The fraction of sp³-hybridized carbons (Fsp3) is 0.364. The molecule has 8 heteroatoms. The molecule has 0 aliphatic rings. The molecule has 0 fully saturated rings. The Morgan fingerprint density at radius 1 is 1.10 bits per heavy atom. The molecule has 1 amide bonds. The first-order valence-corrected chi connectivity index (χ1v) is 9.37. The largest absolute Gasteiger partial charge is 0.426 e. The number of amides is 1. The molecule has 30 heavy (non-hydrogen) atoms. The molecule has 0 saturated heterocycles. The van der Waals surface area contributed by atoms with Crippen molar-refractivity contribution in [3.63, 3.8) is 0 Å². The van der Waals surface area contributed by atoms with Crippen molar-refractivity contribution >= 4 is 11.9 Å². The third-order valence-corrected chi connectivity index (χ3v) is 4.24. The zero-order valence-corrected chi connectivity index (χ0v) is 17.8. The summed E-state index contributed by atoms with van der Waals surface area (Å²) < 4.78 is 33.2. The Morgan fingerprint density at radius 2 is 1.77 bits per heavy atom. The van der Waals surface area contributed by atoms with Gasteiger partial charge in [0.2, 0.25) is 0 Å². The van der Waals surface area contributed by atoms with Gasteiger partial charge in [-0.15, -0.1) is 0 Å². The summed E-state index contributed by atoms with van der Waals surface area (Å²) in [4.78, 5) is 26.2. The second kappa shape index (κ2) is 9.32. The number of ether oxygens (including phenoxy) is 1. The van der Waals surface area contributed by atoms with Gasteiger partial charge in [-0.2, -0.15) is 0 Å². The van der Waals surface area contributed by atoms with E-state index in [-0.39, 0.29) is 23.3 Å². The first-order valence-electron chi connectivity index (χ1n) is 9.37. The van der Waals surface area contributed by atoms with E-state index in [9.17, 15) is 23.5 Å². The number of carbonyl (C=O) groups is 2. The second-order valence-electron chi connectivity index (χ2n) is 8.34. The minimum atomic E-state index is -0.905. The van der Waals surface area contributed by atoms with Gasteiger partial charge in [0.05, 0.1) is 33.1 Å². The van der Waals surface area contributed by atoms with Gasteiger partial charge in [-0.25, -0.2) is 8.78 Å². The third kappa shape index (κ3) is 6.33. The van der Waals surface area contributed by atoms with Crippen LogP contribution in [-0.2, 0) is 4.79 Å². The summed E-state index contributed by atoms with van der Waals surface area (Å²) in [5.41, 5.74) is 0.499. The Bertz CT molecular complexity index is 939. The molecule has 0 saturated carbocycles. The summed E-state index contributed by atoms with van der Waals surface area (Å²) in [6.07, 6.45) is -1.14. The molecule has 1 N–H and O–H groups in total. The fourth-order valence-corrected chi connectivity index (χ4v) is 2.97. The minimum absolute atomic E-state index is 0.00224. The van der Waals surface area contributed by atoms with Crippen LogP contribution in [0, 0.1) is 11.6 Å². The Hall–Kier alpha value is -2.84. The van der Waals surface area contributed by atoms with Crippen LogP contribution in [0.5, 0.6) is 5.75 Å². The summed E-state index contributed by atoms with van der Waals surface area (Å²) in [6.45, 7) is 0.349. The summed E-state index contributed by atoms with van der Waals surface area (Å²) in [7, 11) is 8.72. The molecule has 6 nitrogen and oxygen atoms in total. The number of hydrogen-bond donors (Lipinski definition) is 1. The molecule has 0 bridgehead atoms. The van der Waals surface area contributed by atoms with Crippen LogP contribution < -0.4 is 4.74 Å². The van der Waals surface area contributed by atoms with Crippen LogP contribution in [0.1, 0.15) is 16.8 Å². The summed E-state index contributed by atoms with van der Waals surface area (Å²) in [5.74, 6) is -2.62. The number of hydrogen-bond acceptors (Lipinski definition) is 4. The van der Waals surface area contributed by atoms with Crippen molar-refractivity contribution in [1.29, 1.82) is 0 Å². The number of likely N-dealkylation sites (N-methyl/N-ethyl adjacent to an activating group) is 1. The number of esters is 1. The molecule has 0 radical (unpaired) electrons. The van der Waals surface area contributed by atoms with E-state index in [2.05, 4.69) is 0 Å². The maximum absolute atomic E-state index is 14.2. The number of quaternary nitrogens is 1. The highest BCUT2D eigenvalue weighted by Crippen LogP contribution is 2.30. The monoisotopic (exact) mass is 421 g/mol. The van der Waals surface area contributed by atoms with Crippen molar-refractivity contribution in [3.05, 3.63) is 53.6 Å². The Labute approximate surface area is 174 Å². The molecule has 162 valence electrons. The van der Waals surface area contributed by atoms with E-state index >= 15 is 0 Å². The lowest BCUT2D eigenvalue weighted by atomic mass is 10.0. The van der Waals surface area contributed by atoms with Gasteiger partial charge in [-0.3, -0.25) is 9.59 Å². The lowest BCUT2D eigenvalue weighted by Crippen LogP contribution is -2.42. The molecule has 0 aliphatic heterocycles. The van der Waals surface area contributed by atoms with Gasteiger partial charge in [-0.05, 0) is 29.8 Å². The van der Waals surface area contributed by atoms with Gasteiger partial charge in [0.15, 0.2) is 0 Å². The predicted octanol–water partition coefficient (Wildman–Crippen LogP) is 2.70. The van der Waals surface area contributed by atoms with E-state index in [4.69, 9.17) is 4.74 Å². The number of benzene rings is 2. The van der Waals surface area contributed by atoms with E-state index in [1.807, 2.05) is 21.1 Å². The van der Waals surface area contributed by atoms with Crippen molar-refractivity contribution in [2.75, 3.05) is 41.8 Å². The smallest absolute Gasteiger partial charge is 0.314 e. The van der Waals surface area contributed by atoms with Gasteiger partial charge in [-0.1, -0.05) is 6.07 Å². The molecule has 1 unspecified atom stereocenters. The van der Waals surface area contributed by atoms with Gasteiger partial charge in [0.1, 0.15) is 30.0 Å². The van der Waals surface area contributed by atoms with Crippen molar-refractivity contribution in [2.24, 2.45) is 0 Å². The van der Waals surface area contributed by atoms with Gasteiger partial charge >= 0.3 is 5.97 Å². The van der Waals surface area contributed by atoms with E-state index in [0.717, 1.165) is 12.1 Å². The normalized spacial score (nSPS) is 12.4. The maximum atomic E-state index is 14.2. The number of aliphatic hydroxyl groups excluding tert-OH is 1. The number of halogens is 2. The number of nitrogens with zero attached hydrogens (tertiary/aromatic N) is 2. The highest BCUT2D eigenvalue weighted by atomic mass is 19.1. The summed E-state index contributed by atoms with van der Waals surface area (Å²) in [6, 6.07) is 7.41. The highest BCUT2D eigenvalue weighted by Gasteiger charge is 2.23. The average Bonchev–Trinajstić information content (AvgIpc) is 2.59. The molecule has 1 atom stereocenters. The SMILES string of the molecule is CN(C)C(=O)c1cc(-c2ccc(F)cc2F)ccc1OC(=O)CC(O)C[N+](C)(C)C. The number of aliphatic hydroxyl groups is 1. The van der Waals surface area contributed by atoms with Gasteiger partial charge in [0, 0.05) is 25.7 Å². The first-order chi connectivity index (χ1) is 13.9. The van der Waals surface area contributed by atoms with Crippen LogP contribution in [-0.4, -0.2) is 74.3 Å². The van der Waals surface area contributed by atoms with Crippen LogP contribution in [0.15, 0.2) is 36.4 Å². The van der Waals surface area contributed by atoms with Crippen molar-refractivity contribution in [2.45, 2.75) is 12.5 Å². The Balaban J connectivity index is 2.33. The quantitative estimate of drug-likeness (QED) is 0.424. The molecular weight excluding hydrogens is 394 g/mol. The lowest BCUT2D eigenvalue weighted by Gasteiger charge is -2.26. The van der Waals surface area contributed by atoms with Crippen LogP contribution in [0.4, 0.5) is 8.78 Å². The van der Waals surface area contributed by atoms with Gasteiger partial charge in [0.25, 0.3) is 5.91 Å². The third-order valence-electron chi connectivity index (χ3n) is 4.24. The minimum Gasteiger partial charge on any atom is -0.426 e. The van der Waals surface area contributed by atoms with Crippen molar-refractivity contribution in [3.8, 4) is 16.9 Å². The van der Waals surface area contributed by atoms with E-state index < -0.39 is 29.6 Å². The zero-order valence-electron chi connectivity index (χ0n) is 17.8. The molecule has 0 spiro atoms. The second-order valence-corrected chi connectivity index (χ2v) is 8.34. The number of carbonyl (C=O) groups excluding carboxylic acids is 2. The predicted molar refractivity (Wildman–Crippen MR) is 109 cm³/mol. The lowest BCUT2D eigenvalue weighted by molar-refractivity contribution is -0.873. The molecule has 2 aromatic carbocycles. The summed E-state index contributed by atoms with van der Waals surface area (Å²) in [5, 5.41) is 10.1. The summed E-state index contributed by atoms with van der Waals surface area (Å²) >= 11 is 0. The average molecular weight is 421 g/mol. The van der Waals surface area contributed by atoms with Crippen LogP contribution in [0.25, 0.3) is 11.1 Å². The number of rotatable bonds is 7. The van der Waals surface area contributed by atoms with E-state index in [0.29, 0.717) is 16.6 Å². The molecule has 2 rings (SSSR count). The van der Waals surface area contributed by atoms with Crippen LogP contribution in [0.2, 0.25) is 0 Å². The highest BCUT2D eigenvalue weighted by molar-refractivity contribution is 5.98. The van der Waals surface area contributed by atoms with Crippen LogP contribution >= 0.6 is 0 Å². The topological polar surface area (TPSA) is 66.8 Å². The fourth-order valence-electron chi connectivity index (χ4n) is 2.97. The standard InChI is InChI=1S/C22H27F2N2O4/c1-25(2)22(29)18-10-14(17-8-7-15(23)11-19(17)24)6-9-20(18)30-21(28)12-16(27)13-26(3,4)5/h6-11,16,27H,12-13H2,1-5H3/q+1. The molecule has 0 heterocycles. The molecule has 2 aromatic rings.